The largest absolute Gasteiger partial charge is 0.472 e. The maximum Gasteiger partial charge on any atom is 0.472 e. The smallest absolute Gasteiger partial charge is 0.462 e. The van der Waals surface area contributed by atoms with Gasteiger partial charge < -0.3 is 20.1 Å². The van der Waals surface area contributed by atoms with Gasteiger partial charge in [0, 0.05) is 19.4 Å². The second kappa shape index (κ2) is 45.2. The number of allylic oxidation sites excluding steroid dienone is 10. The molecule has 2 atom stereocenters. The summed E-state index contributed by atoms with van der Waals surface area (Å²) in [4.78, 5) is 34.9. The fourth-order valence-corrected chi connectivity index (χ4v) is 7.19. The minimum absolute atomic E-state index is 0.0520. The second-order valence-corrected chi connectivity index (χ2v) is 17.1. The van der Waals surface area contributed by atoms with Crippen molar-refractivity contribution in [3.63, 3.8) is 0 Å². The van der Waals surface area contributed by atoms with Crippen molar-refractivity contribution in [2.75, 3.05) is 26.4 Å². The van der Waals surface area contributed by atoms with Crippen molar-refractivity contribution >= 4 is 19.8 Å². The Morgan fingerprint density at radius 2 is 0.932 bits per heavy atom. The van der Waals surface area contributed by atoms with Crippen LogP contribution in [-0.2, 0) is 32.7 Å². The molecule has 3 N–H and O–H groups in total. The number of hydrogen-bond donors (Lipinski definition) is 2. The zero-order chi connectivity index (χ0) is 43.2. The fraction of sp³-hybridized carbons (Fsp3) is 0.755. The summed E-state index contributed by atoms with van der Waals surface area (Å²) in [6.45, 7) is 3.61. The molecule has 0 aliphatic rings. The minimum Gasteiger partial charge on any atom is -0.462 e. The number of carbonyl (C=O) groups is 2. The molecule has 0 amide bonds. The van der Waals surface area contributed by atoms with Crippen molar-refractivity contribution in [2.24, 2.45) is 5.73 Å². The third-order valence-electron chi connectivity index (χ3n) is 9.92. The summed E-state index contributed by atoms with van der Waals surface area (Å²) in [6, 6.07) is 0. The molecule has 0 aliphatic heterocycles. The van der Waals surface area contributed by atoms with E-state index in [1.807, 2.05) is 0 Å². The van der Waals surface area contributed by atoms with Crippen LogP contribution in [0.2, 0.25) is 0 Å². The molecule has 0 spiro atoms. The van der Waals surface area contributed by atoms with Gasteiger partial charge in [-0.15, -0.1) is 0 Å². The van der Waals surface area contributed by atoms with Gasteiger partial charge in [-0.2, -0.15) is 0 Å². The Labute approximate surface area is 361 Å². The Kier molecular flexibility index (Phi) is 43.5. The molecule has 0 aromatic rings. The summed E-state index contributed by atoms with van der Waals surface area (Å²) in [5.74, 6) is -0.831. The quantitative estimate of drug-likeness (QED) is 0.0266. The van der Waals surface area contributed by atoms with Crippen LogP contribution in [0.4, 0.5) is 0 Å². The molecular weight excluding hydrogens is 762 g/mol. The standard InChI is InChI=1S/C49H88NO8P/c1-3-5-7-9-11-13-15-16-17-18-19-20-21-22-23-24-25-26-27-28-29-30-32-34-36-38-40-42-49(52)58-47(46-57-59(53,54)56-44-43-50)45-55-48(51)41-39-37-35-33-31-14-12-10-8-6-4-2/h5,7,11,13,16-17,19-20,22-23,47H,3-4,6,8-10,12,14-15,18,21,24-46,50H2,1-2H3,(H,53,54)/b7-5-,13-11-,17-16-,20-19-,23-22-. The lowest BCUT2D eigenvalue weighted by molar-refractivity contribution is -0.161. The Balaban J connectivity index is 4.01. The Morgan fingerprint density at radius 3 is 1.39 bits per heavy atom. The van der Waals surface area contributed by atoms with Gasteiger partial charge >= 0.3 is 19.8 Å². The van der Waals surface area contributed by atoms with E-state index in [-0.39, 0.29) is 38.6 Å². The zero-order valence-electron chi connectivity index (χ0n) is 37.7. The molecule has 59 heavy (non-hydrogen) atoms. The van der Waals surface area contributed by atoms with E-state index in [0.717, 1.165) is 77.0 Å². The Morgan fingerprint density at radius 1 is 0.525 bits per heavy atom. The number of rotatable bonds is 44. The number of esters is 2. The molecule has 2 unspecified atom stereocenters. The highest BCUT2D eigenvalue weighted by Gasteiger charge is 2.26. The van der Waals surface area contributed by atoms with Crippen LogP contribution in [0, 0.1) is 0 Å². The molecule has 0 heterocycles. The molecule has 0 saturated heterocycles. The van der Waals surface area contributed by atoms with Crippen LogP contribution < -0.4 is 5.73 Å². The van der Waals surface area contributed by atoms with Crippen LogP contribution in [-0.4, -0.2) is 49.3 Å². The molecule has 0 aromatic carbocycles. The highest BCUT2D eigenvalue weighted by atomic mass is 31.2. The lowest BCUT2D eigenvalue weighted by atomic mass is 10.0. The van der Waals surface area contributed by atoms with Gasteiger partial charge in [0.05, 0.1) is 13.2 Å². The van der Waals surface area contributed by atoms with E-state index in [9.17, 15) is 19.0 Å². The van der Waals surface area contributed by atoms with E-state index in [4.69, 9.17) is 24.3 Å². The van der Waals surface area contributed by atoms with Crippen molar-refractivity contribution < 1.29 is 37.6 Å². The van der Waals surface area contributed by atoms with Crippen molar-refractivity contribution in [3.05, 3.63) is 60.8 Å². The lowest BCUT2D eigenvalue weighted by Gasteiger charge is -2.19. The maximum atomic E-state index is 12.6. The summed E-state index contributed by atoms with van der Waals surface area (Å²) in [6.07, 6.45) is 54.0. The third-order valence-corrected chi connectivity index (χ3v) is 10.9. The number of unbranched alkanes of at least 4 members (excludes halogenated alkanes) is 21. The summed E-state index contributed by atoms with van der Waals surface area (Å²) in [7, 11) is -4.38. The molecule has 0 bridgehead atoms. The molecular formula is C49H88NO8P. The molecule has 342 valence electrons. The minimum atomic E-state index is -4.38. The molecule has 0 fully saturated rings. The predicted octanol–water partition coefficient (Wildman–Crippen LogP) is 14.1. The first-order chi connectivity index (χ1) is 28.8. The van der Waals surface area contributed by atoms with Gasteiger partial charge in [0.25, 0.3) is 0 Å². The topological polar surface area (TPSA) is 134 Å². The number of phosphoric acid groups is 1. The Bertz CT molecular complexity index is 1150. The van der Waals surface area contributed by atoms with E-state index in [2.05, 4.69) is 74.6 Å². The number of phosphoric ester groups is 1. The average Bonchev–Trinajstić information content (AvgIpc) is 3.22. The summed E-state index contributed by atoms with van der Waals surface area (Å²) < 4.78 is 32.8. The first-order valence-corrected chi connectivity index (χ1v) is 25.3. The van der Waals surface area contributed by atoms with Crippen LogP contribution in [0.1, 0.15) is 206 Å². The molecule has 9 nitrogen and oxygen atoms in total. The molecule has 0 saturated carbocycles. The van der Waals surface area contributed by atoms with Gasteiger partial charge in [-0.25, -0.2) is 4.57 Å². The number of ether oxygens (including phenoxy) is 2. The van der Waals surface area contributed by atoms with Crippen molar-refractivity contribution in [1.29, 1.82) is 0 Å². The predicted molar refractivity (Wildman–Crippen MR) is 247 cm³/mol. The monoisotopic (exact) mass is 850 g/mol. The van der Waals surface area contributed by atoms with E-state index in [1.54, 1.807) is 0 Å². The SMILES string of the molecule is CC/C=C\C/C=C\C/C=C\C/C=C\C/C=C\CCCCCCCCCCCCCC(=O)OC(COC(=O)CCCCCCCCCCCCC)COP(=O)(O)OCCN. The van der Waals surface area contributed by atoms with E-state index in [0.29, 0.717) is 6.42 Å². The van der Waals surface area contributed by atoms with Crippen molar-refractivity contribution in [3.8, 4) is 0 Å². The highest BCUT2D eigenvalue weighted by molar-refractivity contribution is 7.47. The van der Waals surface area contributed by atoms with Gasteiger partial charge in [0.2, 0.25) is 0 Å². The second-order valence-electron chi connectivity index (χ2n) is 15.6. The van der Waals surface area contributed by atoms with Gasteiger partial charge in [-0.3, -0.25) is 18.6 Å². The molecule has 0 radical (unpaired) electrons. The third kappa shape index (κ3) is 45.1. The molecule has 0 rings (SSSR count). The van der Waals surface area contributed by atoms with Crippen LogP contribution >= 0.6 is 7.82 Å². The van der Waals surface area contributed by atoms with Gasteiger partial charge in [-0.05, 0) is 57.8 Å². The Hall–Kier alpha value is -2.29. The van der Waals surface area contributed by atoms with Crippen LogP contribution in [0.25, 0.3) is 0 Å². The van der Waals surface area contributed by atoms with Crippen LogP contribution in [0.15, 0.2) is 60.8 Å². The van der Waals surface area contributed by atoms with E-state index < -0.39 is 26.5 Å². The summed E-state index contributed by atoms with van der Waals surface area (Å²) in [5.41, 5.74) is 5.35. The van der Waals surface area contributed by atoms with E-state index >= 15 is 0 Å². The number of hydrogen-bond acceptors (Lipinski definition) is 8. The van der Waals surface area contributed by atoms with Crippen molar-refractivity contribution in [2.45, 2.75) is 213 Å². The van der Waals surface area contributed by atoms with Gasteiger partial charge in [0.15, 0.2) is 6.10 Å². The van der Waals surface area contributed by atoms with Gasteiger partial charge in [-0.1, -0.05) is 197 Å². The summed E-state index contributed by atoms with van der Waals surface area (Å²) >= 11 is 0. The average molecular weight is 850 g/mol. The van der Waals surface area contributed by atoms with Crippen LogP contribution in [0.3, 0.4) is 0 Å². The first-order valence-electron chi connectivity index (χ1n) is 23.8. The van der Waals surface area contributed by atoms with Gasteiger partial charge in [0.1, 0.15) is 6.61 Å². The molecule has 0 aliphatic carbocycles. The zero-order valence-corrected chi connectivity index (χ0v) is 38.6. The molecule has 0 aromatic heterocycles. The van der Waals surface area contributed by atoms with Crippen LogP contribution in [0.5, 0.6) is 0 Å². The number of nitrogens with two attached hydrogens (primary N) is 1. The fourth-order valence-electron chi connectivity index (χ4n) is 6.43. The highest BCUT2D eigenvalue weighted by Crippen LogP contribution is 2.43. The lowest BCUT2D eigenvalue weighted by Crippen LogP contribution is -2.29. The first kappa shape index (κ1) is 56.7. The maximum absolute atomic E-state index is 12.6. The van der Waals surface area contributed by atoms with Crippen molar-refractivity contribution in [1.82, 2.24) is 0 Å². The molecule has 10 heteroatoms. The van der Waals surface area contributed by atoms with E-state index in [1.165, 1.54) is 96.3 Å². The summed E-state index contributed by atoms with van der Waals surface area (Å²) in [5, 5.41) is 0. The number of carbonyl (C=O) groups excluding carboxylic acids is 2. The normalized spacial score (nSPS) is 13.8.